The molecule has 0 amide bonds. The highest BCUT2D eigenvalue weighted by Gasteiger charge is 1.96. The summed E-state index contributed by atoms with van der Waals surface area (Å²) in [4.78, 5) is 8.36. The average Bonchev–Trinajstić information content (AvgIpc) is 2.12. The van der Waals surface area contributed by atoms with Crippen molar-refractivity contribution >= 4 is 12.4 Å². The van der Waals surface area contributed by atoms with Crippen molar-refractivity contribution in [2.45, 2.75) is 20.8 Å². The number of rotatable bonds is 5. The van der Waals surface area contributed by atoms with Gasteiger partial charge in [-0.2, -0.15) is 0 Å². The third-order valence-electron chi connectivity index (χ3n) is 1.37. The molecule has 0 bridgehead atoms. The molecule has 0 aromatic carbocycles. The van der Waals surface area contributed by atoms with Crippen LogP contribution >= 0.6 is 0 Å². The van der Waals surface area contributed by atoms with Crippen molar-refractivity contribution in [3.8, 4) is 0 Å². The average molecular weight is 190 g/mol. The molecule has 0 aliphatic heterocycles. The van der Waals surface area contributed by atoms with Gasteiger partial charge in [0.2, 0.25) is 0 Å². The van der Waals surface area contributed by atoms with E-state index in [1.165, 1.54) is 0 Å². The summed E-state index contributed by atoms with van der Waals surface area (Å²) in [6.45, 7) is 13.4. The Balaban J connectivity index is 4.70. The molecule has 0 aromatic rings. The van der Waals surface area contributed by atoms with Crippen molar-refractivity contribution in [2.75, 3.05) is 0 Å². The zero-order valence-electron chi connectivity index (χ0n) is 9.20. The van der Waals surface area contributed by atoms with E-state index in [-0.39, 0.29) is 0 Å². The first-order valence-electron chi connectivity index (χ1n) is 4.66. The maximum absolute atomic E-state index is 4.28. The summed E-state index contributed by atoms with van der Waals surface area (Å²) in [6.07, 6.45) is 7.05. The van der Waals surface area contributed by atoms with Gasteiger partial charge in [0, 0.05) is 12.4 Å². The van der Waals surface area contributed by atoms with Gasteiger partial charge in [0.1, 0.15) is 0 Å². The maximum Gasteiger partial charge on any atom is 0.0875 e. The maximum atomic E-state index is 4.28. The minimum absolute atomic E-state index is 0.418. The van der Waals surface area contributed by atoms with Crippen LogP contribution in [-0.2, 0) is 0 Å². The quantitative estimate of drug-likeness (QED) is 0.469. The summed E-state index contributed by atoms with van der Waals surface area (Å²) in [5.74, 6) is 0.418. The van der Waals surface area contributed by atoms with Crippen molar-refractivity contribution in [1.29, 1.82) is 0 Å². The predicted octanol–water partition coefficient (Wildman–Crippen LogP) is 3.39. The number of aliphatic imine (C=N–C) groups is 2. The van der Waals surface area contributed by atoms with E-state index in [9.17, 15) is 0 Å². The number of hydrogen-bond acceptors (Lipinski definition) is 2. The lowest BCUT2D eigenvalue weighted by atomic mass is 10.2. The second-order valence-electron chi connectivity index (χ2n) is 3.14. The van der Waals surface area contributed by atoms with Gasteiger partial charge in [0.05, 0.1) is 11.4 Å². The Morgan fingerprint density at radius 1 is 1.29 bits per heavy atom. The fourth-order valence-electron chi connectivity index (χ4n) is 0.777. The minimum Gasteiger partial charge on any atom is -0.260 e. The summed E-state index contributed by atoms with van der Waals surface area (Å²) < 4.78 is 0. The molecule has 0 atom stereocenters. The first-order valence-corrected chi connectivity index (χ1v) is 4.66. The smallest absolute Gasteiger partial charge is 0.0875 e. The molecule has 2 nitrogen and oxygen atoms in total. The highest BCUT2D eigenvalue weighted by Crippen LogP contribution is 2.10. The summed E-state index contributed by atoms with van der Waals surface area (Å²) in [5, 5.41) is 0. The van der Waals surface area contributed by atoms with Crippen molar-refractivity contribution in [3.63, 3.8) is 0 Å². The highest BCUT2D eigenvalue weighted by molar-refractivity contribution is 5.63. The van der Waals surface area contributed by atoms with Gasteiger partial charge in [0.15, 0.2) is 0 Å². The van der Waals surface area contributed by atoms with Crippen molar-refractivity contribution in [1.82, 2.24) is 0 Å². The van der Waals surface area contributed by atoms with Gasteiger partial charge in [-0.1, -0.05) is 33.1 Å². The van der Waals surface area contributed by atoms with Crippen LogP contribution in [0.2, 0.25) is 0 Å². The molecule has 76 valence electrons. The molecule has 14 heavy (non-hydrogen) atoms. The summed E-state index contributed by atoms with van der Waals surface area (Å²) in [5.41, 5.74) is 1.41. The van der Waals surface area contributed by atoms with Crippen LogP contribution in [0.1, 0.15) is 20.8 Å². The zero-order chi connectivity index (χ0) is 11.0. The Morgan fingerprint density at radius 2 is 1.93 bits per heavy atom. The Hall–Kier alpha value is -1.44. The Kier molecular flexibility index (Phi) is 6.29. The van der Waals surface area contributed by atoms with Gasteiger partial charge in [-0.15, -0.1) is 0 Å². The van der Waals surface area contributed by atoms with E-state index in [2.05, 4.69) is 37.0 Å². The first-order chi connectivity index (χ1) is 6.61. The summed E-state index contributed by atoms with van der Waals surface area (Å²) in [7, 11) is 0. The molecule has 0 heterocycles. The molecule has 0 N–H and O–H groups in total. The zero-order valence-corrected chi connectivity index (χ0v) is 9.20. The molecule has 0 radical (unpaired) electrons. The fourth-order valence-corrected chi connectivity index (χ4v) is 0.777. The molecular weight excluding hydrogens is 172 g/mol. The largest absolute Gasteiger partial charge is 0.260 e. The van der Waals surface area contributed by atoms with Crippen LogP contribution < -0.4 is 0 Å². The monoisotopic (exact) mass is 190 g/mol. The fraction of sp³-hybridized carbons (Fsp3) is 0.333. The van der Waals surface area contributed by atoms with Crippen LogP contribution in [0.5, 0.6) is 0 Å². The van der Waals surface area contributed by atoms with Gasteiger partial charge in [0.25, 0.3) is 0 Å². The topological polar surface area (TPSA) is 24.7 Å². The van der Waals surface area contributed by atoms with Crippen LogP contribution in [0.3, 0.4) is 0 Å². The first kappa shape index (κ1) is 12.6. The van der Waals surface area contributed by atoms with Gasteiger partial charge >= 0.3 is 0 Å². The van der Waals surface area contributed by atoms with E-state index < -0.39 is 0 Å². The second kappa shape index (κ2) is 7.01. The highest BCUT2D eigenvalue weighted by atomic mass is 14.8. The van der Waals surface area contributed by atoms with Gasteiger partial charge < -0.3 is 0 Å². The van der Waals surface area contributed by atoms with E-state index in [0.717, 1.165) is 5.70 Å². The molecule has 0 spiro atoms. The molecule has 2 heteroatoms. The molecular formula is C12H18N2. The molecule has 0 aromatic heterocycles. The summed E-state index contributed by atoms with van der Waals surface area (Å²) >= 11 is 0. The van der Waals surface area contributed by atoms with E-state index in [4.69, 9.17) is 0 Å². The Labute approximate surface area is 86.5 Å². The molecule has 0 fully saturated rings. The van der Waals surface area contributed by atoms with E-state index in [0.29, 0.717) is 11.6 Å². The van der Waals surface area contributed by atoms with Gasteiger partial charge in [-0.3, -0.25) is 9.98 Å². The van der Waals surface area contributed by atoms with Gasteiger partial charge in [-0.05, 0) is 18.9 Å². The van der Waals surface area contributed by atoms with Crippen molar-refractivity contribution < 1.29 is 0 Å². The normalized spacial score (nSPS) is 13.0. The van der Waals surface area contributed by atoms with E-state index in [1.807, 2.05) is 13.1 Å². The lowest BCUT2D eigenvalue weighted by molar-refractivity contribution is 0.904. The molecule has 0 saturated heterocycles. The predicted molar refractivity (Wildman–Crippen MR) is 64.9 cm³/mol. The molecule has 0 saturated carbocycles. The standard InChI is InChI=1S/C12H18N2/c1-6-8-12(11(5)13-7-2)14-9-10(3)4/h6-10H,1,5H2,2-4H3/b12-8+,13-7?,14-9?. The number of hydrogen-bond donors (Lipinski definition) is 0. The van der Waals surface area contributed by atoms with Crippen molar-refractivity contribution in [2.24, 2.45) is 15.9 Å². The Morgan fingerprint density at radius 3 is 2.36 bits per heavy atom. The van der Waals surface area contributed by atoms with Crippen LogP contribution in [0.4, 0.5) is 0 Å². The van der Waals surface area contributed by atoms with Crippen LogP contribution in [-0.4, -0.2) is 12.4 Å². The SMILES string of the molecule is C=C/C=C(/N=CC(C)C)C(=C)N=CC. The number of allylic oxidation sites excluding steroid dienone is 2. The second-order valence-corrected chi connectivity index (χ2v) is 3.14. The van der Waals surface area contributed by atoms with Crippen molar-refractivity contribution in [3.05, 3.63) is 36.7 Å². The van der Waals surface area contributed by atoms with Crippen LogP contribution in [0, 0.1) is 5.92 Å². The lowest BCUT2D eigenvalue weighted by Crippen LogP contribution is -1.90. The van der Waals surface area contributed by atoms with E-state index in [1.54, 1.807) is 18.4 Å². The van der Waals surface area contributed by atoms with Crippen LogP contribution in [0.15, 0.2) is 46.7 Å². The Bertz CT molecular complexity index is 281. The molecule has 0 rings (SSSR count). The minimum atomic E-state index is 0.418. The molecule has 0 aliphatic rings. The van der Waals surface area contributed by atoms with Gasteiger partial charge in [-0.25, -0.2) is 0 Å². The van der Waals surface area contributed by atoms with E-state index >= 15 is 0 Å². The lowest BCUT2D eigenvalue weighted by Gasteiger charge is -2.00. The third-order valence-corrected chi connectivity index (χ3v) is 1.37. The molecule has 0 unspecified atom stereocenters. The molecule has 0 aliphatic carbocycles. The summed E-state index contributed by atoms with van der Waals surface area (Å²) in [6, 6.07) is 0. The van der Waals surface area contributed by atoms with Crippen LogP contribution in [0.25, 0.3) is 0 Å². The third kappa shape index (κ3) is 5.25. The number of nitrogens with zero attached hydrogens (tertiary/aromatic N) is 2.